The molecule has 7 nitrogen and oxygen atoms in total. The fourth-order valence-corrected chi connectivity index (χ4v) is 1.58. The highest BCUT2D eigenvalue weighted by atomic mass is 19.1. The molecule has 0 atom stereocenters. The van der Waals surface area contributed by atoms with E-state index in [0.29, 0.717) is 5.69 Å². The maximum atomic E-state index is 13.1. The smallest absolute Gasteiger partial charge is 0.325 e. The van der Waals surface area contributed by atoms with Crippen molar-refractivity contribution >= 4 is 23.3 Å². The van der Waals surface area contributed by atoms with Gasteiger partial charge in [0.2, 0.25) is 0 Å². The Morgan fingerprint density at radius 1 is 1.45 bits per heavy atom. The van der Waals surface area contributed by atoms with Gasteiger partial charge in [0.1, 0.15) is 12.4 Å². The number of aromatic nitrogens is 2. The van der Waals surface area contributed by atoms with Crippen molar-refractivity contribution in [1.29, 1.82) is 0 Å². The fraction of sp³-hybridized carbons (Fsp3) is 0.0833. The number of carbonyl (C=O) groups excluding carboxylic acids is 1. The monoisotopic (exact) mass is 278 g/mol. The van der Waals surface area contributed by atoms with Crippen molar-refractivity contribution < 1.29 is 19.1 Å². The largest absolute Gasteiger partial charge is 0.480 e. The minimum absolute atomic E-state index is 0.00372. The van der Waals surface area contributed by atoms with Gasteiger partial charge in [0.05, 0.1) is 17.4 Å². The van der Waals surface area contributed by atoms with Crippen LogP contribution in [0.2, 0.25) is 0 Å². The maximum Gasteiger partial charge on any atom is 0.325 e. The van der Waals surface area contributed by atoms with Crippen molar-refractivity contribution in [2.45, 2.75) is 6.54 Å². The van der Waals surface area contributed by atoms with Gasteiger partial charge in [0.25, 0.3) is 5.91 Å². The molecular weight excluding hydrogens is 267 g/mol. The van der Waals surface area contributed by atoms with Crippen LogP contribution in [0.3, 0.4) is 0 Å². The van der Waals surface area contributed by atoms with Crippen LogP contribution in [0.1, 0.15) is 10.4 Å². The topological polar surface area (TPSA) is 110 Å². The summed E-state index contributed by atoms with van der Waals surface area (Å²) in [5.74, 6) is -2.23. The average molecular weight is 278 g/mol. The standard InChI is InChI=1S/C12H11FN4O3/c13-7-1-2-10(14)9(3-7)12(20)16-8-4-15-17(5-8)6-11(18)19/h1-5H,6,14H2,(H,16,20)(H,18,19). The number of carbonyl (C=O) groups is 2. The molecule has 0 aliphatic rings. The van der Waals surface area contributed by atoms with Crippen LogP contribution in [0.25, 0.3) is 0 Å². The lowest BCUT2D eigenvalue weighted by atomic mass is 10.1. The molecule has 1 aromatic heterocycles. The first-order valence-electron chi connectivity index (χ1n) is 5.56. The number of anilines is 2. The van der Waals surface area contributed by atoms with E-state index in [4.69, 9.17) is 10.8 Å². The van der Waals surface area contributed by atoms with Gasteiger partial charge in [0.15, 0.2) is 0 Å². The Hall–Kier alpha value is -2.90. The molecule has 2 aromatic rings. The lowest BCUT2D eigenvalue weighted by Crippen LogP contribution is -2.14. The van der Waals surface area contributed by atoms with Crippen molar-refractivity contribution in [2.75, 3.05) is 11.1 Å². The summed E-state index contributed by atoms with van der Waals surface area (Å²) in [6, 6.07) is 3.46. The van der Waals surface area contributed by atoms with E-state index >= 15 is 0 Å². The highest BCUT2D eigenvalue weighted by Gasteiger charge is 2.12. The summed E-state index contributed by atoms with van der Waals surface area (Å²) >= 11 is 0. The molecule has 1 aromatic carbocycles. The molecule has 0 saturated heterocycles. The van der Waals surface area contributed by atoms with Crippen LogP contribution in [0.4, 0.5) is 15.8 Å². The van der Waals surface area contributed by atoms with E-state index in [9.17, 15) is 14.0 Å². The molecule has 0 radical (unpaired) electrons. The summed E-state index contributed by atoms with van der Waals surface area (Å²) < 4.78 is 14.2. The molecule has 0 unspecified atom stereocenters. The van der Waals surface area contributed by atoms with E-state index < -0.39 is 17.7 Å². The van der Waals surface area contributed by atoms with Gasteiger partial charge in [0, 0.05) is 11.9 Å². The second-order valence-corrected chi connectivity index (χ2v) is 4.01. The van der Waals surface area contributed by atoms with Gasteiger partial charge < -0.3 is 16.2 Å². The Labute approximate surface area is 112 Å². The highest BCUT2D eigenvalue weighted by molar-refractivity contribution is 6.07. The third-order valence-corrected chi connectivity index (χ3v) is 2.45. The van der Waals surface area contributed by atoms with Crippen molar-refractivity contribution in [3.8, 4) is 0 Å². The highest BCUT2D eigenvalue weighted by Crippen LogP contribution is 2.15. The van der Waals surface area contributed by atoms with E-state index in [1.807, 2.05) is 0 Å². The van der Waals surface area contributed by atoms with Crippen LogP contribution in [0.5, 0.6) is 0 Å². The molecule has 8 heteroatoms. The summed E-state index contributed by atoms with van der Waals surface area (Å²) in [5.41, 5.74) is 6.02. The van der Waals surface area contributed by atoms with E-state index in [-0.39, 0.29) is 17.8 Å². The number of nitrogen functional groups attached to an aromatic ring is 1. The van der Waals surface area contributed by atoms with Crippen LogP contribution in [-0.2, 0) is 11.3 Å². The number of nitrogens with two attached hydrogens (primary N) is 1. The Bertz CT molecular complexity index is 668. The molecule has 0 spiro atoms. The Morgan fingerprint density at radius 2 is 2.20 bits per heavy atom. The number of hydrogen-bond donors (Lipinski definition) is 3. The van der Waals surface area contributed by atoms with Crippen LogP contribution < -0.4 is 11.1 Å². The van der Waals surface area contributed by atoms with Gasteiger partial charge in [-0.2, -0.15) is 5.10 Å². The summed E-state index contributed by atoms with van der Waals surface area (Å²) in [7, 11) is 0. The number of carboxylic acid groups (broad SMARTS) is 1. The number of benzene rings is 1. The summed E-state index contributed by atoms with van der Waals surface area (Å²) in [6.45, 7) is -0.321. The molecule has 20 heavy (non-hydrogen) atoms. The lowest BCUT2D eigenvalue weighted by Gasteiger charge is -2.05. The van der Waals surface area contributed by atoms with Crippen molar-refractivity contribution in [1.82, 2.24) is 9.78 Å². The number of carboxylic acids is 1. The molecule has 4 N–H and O–H groups in total. The molecule has 0 fully saturated rings. The summed E-state index contributed by atoms with van der Waals surface area (Å²) in [6.07, 6.45) is 2.64. The summed E-state index contributed by atoms with van der Waals surface area (Å²) in [5, 5.41) is 14.8. The molecule has 104 valence electrons. The van der Waals surface area contributed by atoms with Gasteiger partial charge >= 0.3 is 5.97 Å². The molecule has 0 aliphatic heterocycles. The number of rotatable bonds is 4. The SMILES string of the molecule is Nc1ccc(F)cc1C(=O)Nc1cnn(CC(=O)O)c1. The molecular formula is C12H11FN4O3. The number of nitrogens with zero attached hydrogens (tertiary/aromatic N) is 2. The third-order valence-electron chi connectivity index (χ3n) is 2.45. The lowest BCUT2D eigenvalue weighted by molar-refractivity contribution is -0.137. The average Bonchev–Trinajstić information content (AvgIpc) is 2.78. The van der Waals surface area contributed by atoms with Crippen molar-refractivity contribution in [2.24, 2.45) is 0 Å². The first-order chi connectivity index (χ1) is 9.45. The first-order valence-corrected chi connectivity index (χ1v) is 5.56. The number of nitrogens with one attached hydrogen (secondary N) is 1. The molecule has 0 aliphatic carbocycles. The zero-order chi connectivity index (χ0) is 14.7. The van der Waals surface area contributed by atoms with Gasteiger partial charge in [-0.05, 0) is 18.2 Å². The third kappa shape index (κ3) is 3.10. The van der Waals surface area contributed by atoms with Gasteiger partial charge in [-0.25, -0.2) is 4.39 Å². The Morgan fingerprint density at radius 3 is 2.90 bits per heavy atom. The predicted molar refractivity (Wildman–Crippen MR) is 68.6 cm³/mol. The van der Waals surface area contributed by atoms with Crippen LogP contribution >= 0.6 is 0 Å². The number of halogens is 1. The molecule has 0 bridgehead atoms. The zero-order valence-electron chi connectivity index (χ0n) is 10.2. The Balaban J connectivity index is 2.13. The van der Waals surface area contributed by atoms with E-state index in [0.717, 1.165) is 16.8 Å². The normalized spacial score (nSPS) is 10.2. The molecule has 2 rings (SSSR count). The zero-order valence-corrected chi connectivity index (χ0v) is 10.2. The van der Waals surface area contributed by atoms with Crippen LogP contribution in [0.15, 0.2) is 30.6 Å². The van der Waals surface area contributed by atoms with Gasteiger partial charge in [-0.3, -0.25) is 14.3 Å². The number of aliphatic carboxylic acids is 1. The maximum absolute atomic E-state index is 13.1. The van der Waals surface area contributed by atoms with Crippen LogP contribution in [-0.4, -0.2) is 26.8 Å². The quantitative estimate of drug-likeness (QED) is 0.721. The Kier molecular flexibility index (Phi) is 3.65. The molecule has 0 saturated carbocycles. The van der Waals surface area contributed by atoms with E-state index in [1.165, 1.54) is 18.5 Å². The second-order valence-electron chi connectivity index (χ2n) is 4.01. The fourth-order valence-electron chi connectivity index (χ4n) is 1.58. The summed E-state index contributed by atoms with van der Waals surface area (Å²) in [4.78, 5) is 22.4. The molecule has 1 amide bonds. The van der Waals surface area contributed by atoms with Gasteiger partial charge in [-0.1, -0.05) is 0 Å². The second kappa shape index (κ2) is 5.39. The molecule has 1 heterocycles. The number of amides is 1. The van der Waals surface area contributed by atoms with Crippen LogP contribution in [0, 0.1) is 5.82 Å². The number of hydrogen-bond acceptors (Lipinski definition) is 4. The van der Waals surface area contributed by atoms with E-state index in [1.54, 1.807) is 0 Å². The van der Waals surface area contributed by atoms with Gasteiger partial charge in [-0.15, -0.1) is 0 Å². The van der Waals surface area contributed by atoms with Crippen molar-refractivity contribution in [3.63, 3.8) is 0 Å². The minimum Gasteiger partial charge on any atom is -0.480 e. The van der Waals surface area contributed by atoms with Crippen molar-refractivity contribution in [3.05, 3.63) is 42.0 Å². The van der Waals surface area contributed by atoms with E-state index in [2.05, 4.69) is 10.4 Å². The minimum atomic E-state index is -1.06. The predicted octanol–water partition coefficient (Wildman–Crippen LogP) is 0.941. The first kappa shape index (κ1) is 13.5.